The summed E-state index contributed by atoms with van der Waals surface area (Å²) in [6.07, 6.45) is -4.81. The van der Waals surface area contributed by atoms with Crippen molar-refractivity contribution in [3.05, 3.63) is 93.8 Å². The number of rotatable bonds is 0. The third kappa shape index (κ3) is 4.65. The molecule has 0 radical (unpaired) electrons. The minimum absolute atomic E-state index is 0. The number of fused-ring (bicyclic) bond motifs is 10. The van der Waals surface area contributed by atoms with Crippen LogP contribution >= 0.6 is 0 Å². The fraction of sp³-hybridized carbons (Fsp3) is 0.419. The number of halogens is 6. The van der Waals surface area contributed by atoms with Crippen molar-refractivity contribution in [2.75, 3.05) is 0 Å². The van der Waals surface area contributed by atoms with Gasteiger partial charge in [0.25, 0.3) is 0 Å². The summed E-state index contributed by atoms with van der Waals surface area (Å²) < 4.78 is 90.3. The molecule has 4 nitrogen and oxygen atoms in total. The predicted octanol–water partition coefficient (Wildman–Crippen LogP) is 8.21. The van der Waals surface area contributed by atoms with E-state index in [4.69, 9.17) is 4.98 Å². The molecule has 42 heavy (non-hydrogen) atoms. The Balaban J connectivity index is 0.00000405. The summed E-state index contributed by atoms with van der Waals surface area (Å²) in [6.45, 7) is 13.8. The zero-order valence-corrected chi connectivity index (χ0v) is 26.6. The van der Waals surface area contributed by atoms with E-state index in [1.807, 2.05) is 39.8 Å². The molecular formula is C31H30F6N4Pt. The van der Waals surface area contributed by atoms with Crippen molar-refractivity contribution in [1.29, 1.82) is 0 Å². The third-order valence-corrected chi connectivity index (χ3v) is 8.98. The Labute approximate surface area is 255 Å². The van der Waals surface area contributed by atoms with E-state index < -0.39 is 45.4 Å². The van der Waals surface area contributed by atoms with Gasteiger partial charge < -0.3 is 9.13 Å². The van der Waals surface area contributed by atoms with Gasteiger partial charge in [-0.3, -0.25) is 9.97 Å². The van der Waals surface area contributed by atoms with Crippen LogP contribution < -0.4 is 0 Å². The van der Waals surface area contributed by atoms with Crippen molar-refractivity contribution in [2.24, 2.45) is 0 Å². The summed E-state index contributed by atoms with van der Waals surface area (Å²) in [5.41, 5.74) is -4.74. The molecule has 4 aromatic heterocycles. The number of hydrogen-bond acceptors (Lipinski definition) is 2. The SMILES string of the molecule is Cc1c2[c-]n(c1C)-c1cccc(n1)C(C)(C)c1cccc(n1)-n1[c-]c(c(C(F)(F)F)c1C(F)(F)F)C(C)(C)C2(C)C.[Pt+2]. The van der Waals surface area contributed by atoms with E-state index in [1.54, 1.807) is 30.5 Å². The summed E-state index contributed by atoms with van der Waals surface area (Å²) in [7, 11) is 0. The predicted molar refractivity (Wildman–Crippen MR) is 142 cm³/mol. The van der Waals surface area contributed by atoms with E-state index >= 15 is 0 Å². The smallest absolute Gasteiger partial charge is 0.432 e. The molecule has 0 saturated carbocycles. The molecule has 11 heteroatoms. The molecule has 0 saturated heterocycles. The summed E-state index contributed by atoms with van der Waals surface area (Å²) >= 11 is 0. The number of alkyl halides is 6. The Kier molecular flexibility index (Phi) is 7.50. The zero-order valence-electron chi connectivity index (χ0n) is 24.3. The minimum Gasteiger partial charge on any atom is -0.432 e. The quantitative estimate of drug-likeness (QED) is 0.134. The molecule has 1 aliphatic rings. The molecule has 8 bridgehead atoms. The zero-order chi connectivity index (χ0) is 30.5. The molecule has 5 heterocycles. The molecule has 0 amide bonds. The summed E-state index contributed by atoms with van der Waals surface area (Å²) in [5, 5.41) is 0. The van der Waals surface area contributed by atoms with Gasteiger partial charge >= 0.3 is 33.4 Å². The normalized spacial score (nSPS) is 17.2. The van der Waals surface area contributed by atoms with Crippen LogP contribution in [-0.4, -0.2) is 19.1 Å². The number of hydrogen-bond donors (Lipinski definition) is 0. The average Bonchev–Trinajstić information content (AvgIpc) is 3.44. The van der Waals surface area contributed by atoms with Gasteiger partial charge in [0.1, 0.15) is 0 Å². The summed E-state index contributed by atoms with van der Waals surface area (Å²) in [5.74, 6) is 0.246. The van der Waals surface area contributed by atoms with Crippen LogP contribution in [0.3, 0.4) is 0 Å². The van der Waals surface area contributed by atoms with Crippen LogP contribution in [0.25, 0.3) is 11.6 Å². The van der Waals surface area contributed by atoms with Crippen LogP contribution in [0.5, 0.6) is 0 Å². The number of nitrogens with zero attached hydrogens (tertiary/aromatic N) is 4. The van der Waals surface area contributed by atoms with Crippen LogP contribution in [0.4, 0.5) is 26.3 Å². The van der Waals surface area contributed by atoms with Crippen LogP contribution in [0.1, 0.15) is 86.6 Å². The molecule has 0 unspecified atom stereocenters. The van der Waals surface area contributed by atoms with Crippen LogP contribution in [0.15, 0.2) is 36.4 Å². The first-order valence-electron chi connectivity index (χ1n) is 13.1. The first-order chi connectivity index (χ1) is 18.7. The summed E-state index contributed by atoms with van der Waals surface area (Å²) in [6, 6.07) is 9.81. The molecule has 0 spiro atoms. The third-order valence-electron chi connectivity index (χ3n) is 8.98. The van der Waals surface area contributed by atoms with Crippen molar-refractivity contribution in [1.82, 2.24) is 19.1 Å². The summed E-state index contributed by atoms with van der Waals surface area (Å²) in [4.78, 5) is 9.36. The van der Waals surface area contributed by atoms with Gasteiger partial charge in [0.15, 0.2) is 0 Å². The van der Waals surface area contributed by atoms with Gasteiger partial charge in [-0.15, -0.1) is 16.7 Å². The van der Waals surface area contributed by atoms with Crippen molar-refractivity contribution >= 4 is 0 Å². The molecule has 0 aliphatic carbocycles. The molecule has 0 atom stereocenters. The van der Waals surface area contributed by atoms with Gasteiger partial charge in [-0.05, 0) is 42.4 Å². The van der Waals surface area contributed by atoms with E-state index in [0.717, 1.165) is 11.3 Å². The molecular weight excluding hydrogens is 737 g/mol. The Morgan fingerprint density at radius 3 is 1.60 bits per heavy atom. The van der Waals surface area contributed by atoms with E-state index in [-0.39, 0.29) is 26.9 Å². The molecule has 226 valence electrons. The Bertz CT molecular complexity index is 1670. The maximum atomic E-state index is 14.7. The molecule has 0 aromatic carbocycles. The van der Waals surface area contributed by atoms with E-state index in [9.17, 15) is 26.3 Å². The Morgan fingerprint density at radius 1 is 0.667 bits per heavy atom. The molecule has 4 aromatic rings. The fourth-order valence-electron chi connectivity index (χ4n) is 5.64. The topological polar surface area (TPSA) is 35.6 Å². The van der Waals surface area contributed by atoms with Crippen molar-refractivity contribution in [2.45, 2.75) is 84.0 Å². The maximum absolute atomic E-state index is 14.7. The van der Waals surface area contributed by atoms with Gasteiger partial charge in [-0.1, -0.05) is 83.9 Å². The van der Waals surface area contributed by atoms with Crippen molar-refractivity contribution in [3.63, 3.8) is 0 Å². The largest absolute Gasteiger partial charge is 2.00 e. The van der Waals surface area contributed by atoms with Gasteiger partial charge in [-0.25, -0.2) is 0 Å². The van der Waals surface area contributed by atoms with Gasteiger partial charge in [0, 0.05) is 22.5 Å². The average molecular weight is 768 g/mol. The number of aromatic nitrogens is 4. The first-order valence-corrected chi connectivity index (χ1v) is 13.1. The van der Waals surface area contributed by atoms with Crippen molar-refractivity contribution in [3.8, 4) is 11.6 Å². The molecule has 5 rings (SSSR count). The maximum Gasteiger partial charge on any atom is 2.00 e. The van der Waals surface area contributed by atoms with Crippen LogP contribution in [-0.2, 0) is 49.7 Å². The number of pyridine rings is 2. The standard InChI is InChI=1S/C31H30F6N4.Pt/c1-17-18(2)40-15-19(17)28(5,6)29(7,8)20-16-41(26(31(35,36)37)25(20)30(32,33)34)24-14-10-12-22(39-24)27(3,4)21-11-9-13-23(40)38-21;/h9-14H,1-8H3;/q-2;+2. The monoisotopic (exact) mass is 767 g/mol. The van der Waals surface area contributed by atoms with Gasteiger partial charge in [0.05, 0.1) is 11.6 Å². The second-order valence-electron chi connectivity index (χ2n) is 12.2. The van der Waals surface area contributed by atoms with E-state index in [1.165, 1.54) is 26.0 Å². The molecule has 0 fully saturated rings. The van der Waals surface area contributed by atoms with E-state index in [0.29, 0.717) is 27.3 Å². The first kappa shape index (κ1) is 32.1. The van der Waals surface area contributed by atoms with Crippen LogP contribution in [0.2, 0.25) is 0 Å². The van der Waals surface area contributed by atoms with Crippen molar-refractivity contribution < 1.29 is 47.4 Å². The molecule has 1 aliphatic heterocycles. The van der Waals surface area contributed by atoms with E-state index in [2.05, 4.69) is 17.4 Å². The fourth-order valence-corrected chi connectivity index (χ4v) is 5.64. The van der Waals surface area contributed by atoms with Gasteiger partial charge in [0.2, 0.25) is 0 Å². The Hall–Kier alpha value is -2.87. The molecule has 0 N–H and O–H groups in total. The minimum atomic E-state index is -5.35. The van der Waals surface area contributed by atoms with Crippen LogP contribution in [0, 0.1) is 26.2 Å². The second-order valence-corrected chi connectivity index (χ2v) is 12.2. The van der Waals surface area contributed by atoms with Gasteiger partial charge in [-0.2, -0.15) is 26.3 Å². The Morgan fingerprint density at radius 2 is 1.12 bits per heavy atom. The second kappa shape index (κ2) is 9.83.